The zero-order chi connectivity index (χ0) is 17.3. The van der Waals surface area contributed by atoms with Gasteiger partial charge in [-0.2, -0.15) is 13.2 Å². The number of hydrogen-bond acceptors (Lipinski definition) is 4. The number of anilines is 2. The summed E-state index contributed by atoms with van der Waals surface area (Å²) >= 11 is 1.00. The Kier molecular flexibility index (Phi) is 4.23. The van der Waals surface area contributed by atoms with Crippen molar-refractivity contribution in [3.8, 4) is 0 Å². The topological polar surface area (TPSA) is 58.2 Å². The van der Waals surface area contributed by atoms with Crippen molar-refractivity contribution >= 4 is 34.8 Å². The highest BCUT2D eigenvalue weighted by Crippen LogP contribution is 2.42. The molecule has 124 valence electrons. The minimum Gasteiger partial charge on any atom is -0.349 e. The Morgan fingerprint density at radius 1 is 1.29 bits per heavy atom. The molecule has 0 bridgehead atoms. The van der Waals surface area contributed by atoms with Crippen LogP contribution < -0.4 is 10.6 Å². The van der Waals surface area contributed by atoms with E-state index in [1.54, 1.807) is 30.4 Å². The van der Waals surface area contributed by atoms with Crippen LogP contribution in [0, 0.1) is 0 Å². The molecule has 0 spiro atoms. The zero-order valence-corrected chi connectivity index (χ0v) is 12.9. The molecule has 8 heteroatoms. The average Bonchev–Trinajstić information content (AvgIpc) is 3.14. The maximum absolute atomic E-state index is 12.3. The highest BCUT2D eigenvalue weighted by atomic mass is 32.2. The molecule has 1 aromatic rings. The fraction of sp³-hybridized carbons (Fsp3) is 0.125. The van der Waals surface area contributed by atoms with Crippen LogP contribution in [0.1, 0.15) is 6.42 Å². The summed E-state index contributed by atoms with van der Waals surface area (Å²) in [6, 6.07) is 4.91. The van der Waals surface area contributed by atoms with E-state index in [2.05, 4.69) is 10.6 Å². The van der Waals surface area contributed by atoms with Crippen LogP contribution in [0.5, 0.6) is 0 Å². The number of thioether (sulfide) groups is 1. The van der Waals surface area contributed by atoms with Crippen LogP contribution in [-0.2, 0) is 9.59 Å². The first-order valence-corrected chi connectivity index (χ1v) is 7.74. The normalized spacial score (nSPS) is 17.5. The Morgan fingerprint density at radius 3 is 2.75 bits per heavy atom. The molecule has 0 atom stereocenters. The van der Waals surface area contributed by atoms with E-state index in [0.717, 1.165) is 11.8 Å². The Balaban J connectivity index is 1.72. The van der Waals surface area contributed by atoms with E-state index in [0.29, 0.717) is 34.3 Å². The molecule has 24 heavy (non-hydrogen) atoms. The molecule has 0 radical (unpaired) electrons. The van der Waals surface area contributed by atoms with E-state index < -0.39 is 12.0 Å². The van der Waals surface area contributed by atoms with Crippen molar-refractivity contribution < 1.29 is 22.8 Å². The predicted octanol–water partition coefficient (Wildman–Crippen LogP) is 4.00. The van der Waals surface area contributed by atoms with Gasteiger partial charge in [-0.25, -0.2) is 0 Å². The van der Waals surface area contributed by atoms with Gasteiger partial charge in [0.25, 0.3) is 11.7 Å². The van der Waals surface area contributed by atoms with E-state index in [4.69, 9.17) is 0 Å². The van der Waals surface area contributed by atoms with E-state index in [1.165, 1.54) is 0 Å². The molecule has 0 saturated carbocycles. The Morgan fingerprint density at radius 2 is 2.08 bits per heavy atom. The molecule has 1 heterocycles. The lowest BCUT2D eigenvalue weighted by Crippen LogP contribution is -2.20. The van der Waals surface area contributed by atoms with Gasteiger partial charge in [-0.3, -0.25) is 9.59 Å². The Hall–Kier alpha value is -2.48. The fourth-order valence-corrected chi connectivity index (χ4v) is 3.14. The van der Waals surface area contributed by atoms with Gasteiger partial charge in [-0.05, 0) is 24.6 Å². The van der Waals surface area contributed by atoms with Gasteiger partial charge >= 0.3 is 6.18 Å². The molecule has 3 rings (SSSR count). The third-order valence-corrected chi connectivity index (χ3v) is 4.29. The molecule has 0 unspecified atom stereocenters. The van der Waals surface area contributed by atoms with Crippen molar-refractivity contribution in [2.75, 3.05) is 10.6 Å². The van der Waals surface area contributed by atoms with E-state index in [9.17, 15) is 22.8 Å². The van der Waals surface area contributed by atoms with E-state index >= 15 is 0 Å². The van der Waals surface area contributed by atoms with Crippen LogP contribution >= 0.6 is 11.8 Å². The fourth-order valence-electron chi connectivity index (χ4n) is 2.16. The van der Waals surface area contributed by atoms with Crippen molar-refractivity contribution in [2.24, 2.45) is 0 Å². The molecule has 2 N–H and O–H groups in total. The highest BCUT2D eigenvalue weighted by Gasteiger charge is 2.37. The largest absolute Gasteiger partial charge is 0.454 e. The number of ketones is 1. The first-order chi connectivity index (χ1) is 11.3. The maximum atomic E-state index is 12.3. The smallest absolute Gasteiger partial charge is 0.349 e. The number of nitrogens with one attached hydrogen (secondary N) is 2. The molecular weight excluding hydrogens is 341 g/mol. The molecule has 0 fully saturated rings. The van der Waals surface area contributed by atoms with Crippen molar-refractivity contribution in [1.29, 1.82) is 0 Å². The minimum atomic E-state index is -4.90. The van der Waals surface area contributed by atoms with Gasteiger partial charge in [0.1, 0.15) is 0 Å². The van der Waals surface area contributed by atoms with Crippen molar-refractivity contribution in [3.05, 3.63) is 53.1 Å². The first kappa shape index (κ1) is 16.4. The van der Waals surface area contributed by atoms with Crippen molar-refractivity contribution in [3.63, 3.8) is 0 Å². The first-order valence-electron chi connectivity index (χ1n) is 6.93. The van der Waals surface area contributed by atoms with Crippen molar-refractivity contribution in [2.45, 2.75) is 17.5 Å². The summed E-state index contributed by atoms with van der Waals surface area (Å²) in [5, 5.41) is 5.56. The van der Waals surface area contributed by atoms with Gasteiger partial charge in [-0.1, -0.05) is 30.0 Å². The van der Waals surface area contributed by atoms with Crippen LogP contribution in [-0.4, -0.2) is 17.9 Å². The third kappa shape index (κ3) is 3.53. The van der Waals surface area contributed by atoms with Crippen LogP contribution in [0.15, 0.2) is 58.0 Å². The number of benzene rings is 1. The van der Waals surface area contributed by atoms with Crippen LogP contribution in [0.2, 0.25) is 0 Å². The van der Waals surface area contributed by atoms with Gasteiger partial charge in [0.05, 0.1) is 10.7 Å². The number of allylic oxidation sites excluding steroid dienone is 3. The summed E-state index contributed by atoms with van der Waals surface area (Å²) in [7, 11) is 0. The number of alkyl halides is 3. The summed E-state index contributed by atoms with van der Waals surface area (Å²) in [5.74, 6) is -2.17. The zero-order valence-electron chi connectivity index (χ0n) is 12.1. The Labute approximate surface area is 139 Å². The Bertz CT molecular complexity index is 810. The van der Waals surface area contributed by atoms with Gasteiger partial charge in [-0.15, -0.1) is 0 Å². The summed E-state index contributed by atoms with van der Waals surface area (Å²) in [6.07, 6.45) is 1.73. The second-order valence-electron chi connectivity index (χ2n) is 5.06. The maximum Gasteiger partial charge on any atom is 0.454 e. The highest BCUT2D eigenvalue weighted by molar-refractivity contribution is 8.03. The van der Waals surface area contributed by atoms with Crippen LogP contribution in [0.25, 0.3) is 0 Å². The van der Waals surface area contributed by atoms with E-state index in [-0.39, 0.29) is 10.9 Å². The molecule has 1 aliphatic heterocycles. The molecular formula is C16H11F3N2O2S. The number of hydrogen-bond donors (Lipinski definition) is 2. The lowest BCUT2D eigenvalue weighted by molar-refractivity contribution is -0.165. The summed E-state index contributed by atoms with van der Waals surface area (Å²) in [5.41, 5.74) is 1.68. The van der Waals surface area contributed by atoms with Crippen LogP contribution in [0.3, 0.4) is 0 Å². The molecule has 0 aromatic heterocycles. The number of carbonyl (C=O) groups is 2. The summed E-state index contributed by atoms with van der Waals surface area (Å²) < 4.78 is 36.9. The van der Waals surface area contributed by atoms with Crippen molar-refractivity contribution in [1.82, 2.24) is 0 Å². The average molecular weight is 352 g/mol. The summed E-state index contributed by atoms with van der Waals surface area (Å²) in [6.45, 7) is 0. The second-order valence-corrected chi connectivity index (χ2v) is 6.14. The lowest BCUT2D eigenvalue weighted by atomic mass is 10.2. The van der Waals surface area contributed by atoms with Crippen LogP contribution in [0.4, 0.5) is 24.5 Å². The molecule has 4 nitrogen and oxygen atoms in total. The number of halogens is 3. The SMILES string of the molecule is O=C(Nc1ccc2c(c1)S/C(=C/C(=O)C(F)(F)F)N2)C1=CCC=C1. The number of amides is 1. The van der Waals surface area contributed by atoms with Gasteiger partial charge < -0.3 is 10.6 Å². The number of fused-ring (bicyclic) bond motifs is 1. The van der Waals surface area contributed by atoms with Gasteiger partial charge in [0.2, 0.25) is 0 Å². The second kappa shape index (κ2) is 6.20. The standard InChI is InChI=1S/C16H11F3N2O2S/c17-16(18,19)13(22)8-14-21-11-6-5-10(7-12(11)24-14)20-15(23)9-3-1-2-4-9/h1,3-8,21H,2H2,(H,20,23)/b14-8+. The van der Waals surface area contributed by atoms with E-state index in [1.807, 2.05) is 6.08 Å². The quantitative estimate of drug-likeness (QED) is 0.808. The molecule has 1 aliphatic carbocycles. The minimum absolute atomic E-state index is 0.0947. The molecule has 0 saturated heterocycles. The molecule has 1 aromatic carbocycles. The predicted molar refractivity (Wildman–Crippen MR) is 85.5 cm³/mol. The van der Waals surface area contributed by atoms with Gasteiger partial charge in [0.15, 0.2) is 0 Å². The number of carbonyl (C=O) groups excluding carboxylic acids is 2. The summed E-state index contributed by atoms with van der Waals surface area (Å²) in [4.78, 5) is 23.6. The van der Waals surface area contributed by atoms with Gasteiger partial charge in [0, 0.05) is 22.2 Å². The third-order valence-electron chi connectivity index (χ3n) is 3.29. The molecule has 1 amide bonds. The monoisotopic (exact) mass is 352 g/mol. The molecule has 2 aliphatic rings. The lowest BCUT2D eigenvalue weighted by Gasteiger charge is -2.06. The number of rotatable bonds is 3.